The van der Waals surface area contributed by atoms with Gasteiger partial charge in [0, 0.05) is 20.0 Å². The topological polar surface area (TPSA) is 90.0 Å². The van der Waals surface area contributed by atoms with E-state index in [1.54, 1.807) is 14.0 Å². The summed E-state index contributed by atoms with van der Waals surface area (Å²) in [5.41, 5.74) is 5.88. The van der Waals surface area contributed by atoms with Gasteiger partial charge >= 0.3 is 6.18 Å². The summed E-state index contributed by atoms with van der Waals surface area (Å²) < 4.78 is 63.3. The molecular weight excluding hydrogens is 297 g/mol. The molecule has 1 rings (SSSR count). The van der Waals surface area contributed by atoms with E-state index in [-0.39, 0.29) is 30.1 Å². The van der Waals surface area contributed by atoms with Crippen molar-refractivity contribution >= 4 is 15.8 Å². The van der Waals surface area contributed by atoms with E-state index in [1.807, 2.05) is 0 Å². The number of nitrogens with one attached hydrogen (secondary N) is 1. The molecule has 1 aromatic heterocycles. The summed E-state index contributed by atoms with van der Waals surface area (Å²) in [4.78, 5) is -0.129. The molecule has 0 unspecified atom stereocenters. The second-order valence-electron chi connectivity index (χ2n) is 4.39. The minimum atomic E-state index is -4.22. The first-order valence-corrected chi connectivity index (χ1v) is 7.38. The summed E-state index contributed by atoms with van der Waals surface area (Å²) in [6.07, 6.45) is -5.18. The van der Waals surface area contributed by atoms with Gasteiger partial charge in [0.2, 0.25) is 10.0 Å². The van der Waals surface area contributed by atoms with Gasteiger partial charge in [-0.05, 0) is 19.8 Å². The number of alkyl halides is 3. The van der Waals surface area contributed by atoms with Crippen molar-refractivity contribution in [2.75, 3.05) is 12.3 Å². The third-order valence-corrected chi connectivity index (χ3v) is 4.38. The van der Waals surface area contributed by atoms with Gasteiger partial charge in [-0.25, -0.2) is 13.1 Å². The molecule has 0 saturated carbocycles. The van der Waals surface area contributed by atoms with Gasteiger partial charge in [-0.2, -0.15) is 18.3 Å². The van der Waals surface area contributed by atoms with Crippen LogP contribution in [0.1, 0.15) is 25.0 Å². The Balaban J connectivity index is 2.59. The Morgan fingerprint density at radius 3 is 2.40 bits per heavy atom. The standard InChI is InChI=1S/C10H17F3N4O2S/c1-7-8(9(14)16-17(7)2)20(18,19)15-6-4-3-5-10(11,12)13/h15H,3-6H2,1-2H3,(H2,14,16). The first-order valence-electron chi connectivity index (χ1n) is 5.90. The van der Waals surface area contributed by atoms with Crippen molar-refractivity contribution in [3.63, 3.8) is 0 Å². The van der Waals surface area contributed by atoms with E-state index in [0.29, 0.717) is 5.69 Å². The van der Waals surface area contributed by atoms with Crippen molar-refractivity contribution in [2.24, 2.45) is 7.05 Å². The molecular formula is C10H17F3N4O2S. The van der Waals surface area contributed by atoms with Gasteiger partial charge in [0.1, 0.15) is 4.90 Å². The van der Waals surface area contributed by atoms with Crippen LogP contribution >= 0.6 is 0 Å². The average Bonchev–Trinajstić information content (AvgIpc) is 2.51. The molecule has 0 saturated heterocycles. The fourth-order valence-electron chi connectivity index (χ4n) is 1.68. The molecule has 0 spiro atoms. The number of sulfonamides is 1. The van der Waals surface area contributed by atoms with Gasteiger partial charge in [0.15, 0.2) is 5.82 Å². The monoisotopic (exact) mass is 314 g/mol. The zero-order valence-electron chi connectivity index (χ0n) is 11.2. The molecule has 20 heavy (non-hydrogen) atoms. The Morgan fingerprint density at radius 2 is 1.95 bits per heavy atom. The minimum Gasteiger partial charge on any atom is -0.381 e. The van der Waals surface area contributed by atoms with Crippen LogP contribution in [-0.4, -0.2) is 30.9 Å². The van der Waals surface area contributed by atoms with E-state index in [0.717, 1.165) is 0 Å². The van der Waals surface area contributed by atoms with E-state index in [4.69, 9.17) is 5.73 Å². The first kappa shape index (κ1) is 16.8. The Morgan fingerprint density at radius 1 is 1.35 bits per heavy atom. The van der Waals surface area contributed by atoms with E-state index >= 15 is 0 Å². The molecule has 0 aliphatic heterocycles. The number of hydrogen-bond donors (Lipinski definition) is 2. The Hall–Kier alpha value is -1.29. The first-order chi connectivity index (χ1) is 9.04. The van der Waals surface area contributed by atoms with Crippen molar-refractivity contribution in [3.8, 4) is 0 Å². The van der Waals surface area contributed by atoms with E-state index in [1.165, 1.54) is 4.68 Å². The third kappa shape index (κ3) is 4.37. The molecule has 6 nitrogen and oxygen atoms in total. The van der Waals surface area contributed by atoms with Crippen LogP contribution in [-0.2, 0) is 17.1 Å². The van der Waals surface area contributed by atoms with Gasteiger partial charge < -0.3 is 5.73 Å². The number of halogens is 3. The summed E-state index contributed by atoms with van der Waals surface area (Å²) in [5.74, 6) is -0.132. The van der Waals surface area contributed by atoms with Gasteiger partial charge in [0.25, 0.3) is 0 Å². The number of anilines is 1. The van der Waals surface area contributed by atoms with Crippen molar-refractivity contribution in [2.45, 2.75) is 37.3 Å². The van der Waals surface area contributed by atoms with Crippen LogP contribution in [0.2, 0.25) is 0 Å². The second kappa shape index (κ2) is 6.00. The largest absolute Gasteiger partial charge is 0.389 e. The third-order valence-electron chi connectivity index (χ3n) is 2.75. The van der Waals surface area contributed by atoms with E-state index < -0.39 is 22.6 Å². The molecule has 0 radical (unpaired) electrons. The molecule has 1 heterocycles. The molecule has 0 bridgehead atoms. The number of nitrogens with two attached hydrogens (primary N) is 1. The number of aromatic nitrogens is 2. The van der Waals surface area contributed by atoms with Crippen molar-refractivity contribution in [1.29, 1.82) is 0 Å². The fraction of sp³-hybridized carbons (Fsp3) is 0.700. The highest BCUT2D eigenvalue weighted by molar-refractivity contribution is 7.89. The number of aryl methyl sites for hydroxylation is 1. The SMILES string of the molecule is Cc1c(S(=O)(=O)NCCCCC(F)(F)F)c(N)nn1C. The number of hydrogen-bond acceptors (Lipinski definition) is 4. The number of rotatable bonds is 6. The molecule has 1 aromatic rings. The van der Waals surface area contributed by atoms with Crippen LogP contribution in [0.25, 0.3) is 0 Å². The van der Waals surface area contributed by atoms with Crippen molar-refractivity contribution in [3.05, 3.63) is 5.69 Å². The summed E-state index contributed by atoms with van der Waals surface area (Å²) in [6.45, 7) is 1.47. The van der Waals surface area contributed by atoms with Crippen LogP contribution in [0.4, 0.5) is 19.0 Å². The molecule has 116 valence electrons. The lowest BCUT2D eigenvalue weighted by molar-refractivity contribution is -0.135. The molecule has 0 amide bonds. The lowest BCUT2D eigenvalue weighted by atomic mass is 10.2. The fourth-order valence-corrected chi connectivity index (χ4v) is 3.07. The lowest BCUT2D eigenvalue weighted by Crippen LogP contribution is -2.26. The zero-order valence-corrected chi connectivity index (χ0v) is 12.0. The lowest BCUT2D eigenvalue weighted by Gasteiger charge is -2.08. The molecule has 0 atom stereocenters. The smallest absolute Gasteiger partial charge is 0.381 e. The number of unbranched alkanes of at least 4 members (excludes halogenated alkanes) is 1. The van der Waals surface area contributed by atoms with Gasteiger partial charge in [-0.15, -0.1) is 0 Å². The summed E-state index contributed by atoms with van der Waals surface area (Å²) >= 11 is 0. The van der Waals surface area contributed by atoms with Crippen LogP contribution in [0, 0.1) is 6.92 Å². The van der Waals surface area contributed by atoms with Crippen molar-refractivity contribution < 1.29 is 21.6 Å². The van der Waals surface area contributed by atoms with Crippen LogP contribution in [0.5, 0.6) is 0 Å². The maximum Gasteiger partial charge on any atom is 0.389 e. The average molecular weight is 314 g/mol. The Bertz CT molecular complexity index is 566. The molecule has 0 aliphatic carbocycles. The maximum atomic E-state index is 12.0. The van der Waals surface area contributed by atoms with Crippen LogP contribution < -0.4 is 10.5 Å². The predicted octanol–water partition coefficient (Wildman–Crippen LogP) is 1.32. The predicted molar refractivity (Wildman–Crippen MR) is 67.5 cm³/mol. The van der Waals surface area contributed by atoms with Gasteiger partial charge in [-0.3, -0.25) is 4.68 Å². The molecule has 10 heteroatoms. The quantitative estimate of drug-likeness (QED) is 0.775. The van der Waals surface area contributed by atoms with Gasteiger partial charge in [0.05, 0.1) is 5.69 Å². The molecule has 0 aliphatic rings. The highest BCUT2D eigenvalue weighted by Crippen LogP contribution is 2.23. The second-order valence-corrected chi connectivity index (χ2v) is 6.10. The highest BCUT2D eigenvalue weighted by Gasteiger charge is 2.27. The normalized spacial score (nSPS) is 12.8. The number of nitrogen functional groups attached to an aromatic ring is 1. The van der Waals surface area contributed by atoms with Crippen LogP contribution in [0.3, 0.4) is 0 Å². The maximum absolute atomic E-state index is 12.0. The van der Waals surface area contributed by atoms with Gasteiger partial charge in [-0.1, -0.05) is 0 Å². The summed E-state index contributed by atoms with van der Waals surface area (Å²) in [7, 11) is -2.31. The summed E-state index contributed by atoms with van der Waals surface area (Å²) in [6, 6.07) is 0. The Labute approximate surface area is 115 Å². The Kier molecular flexibility index (Phi) is 5.03. The number of nitrogens with zero attached hydrogens (tertiary/aromatic N) is 2. The summed E-state index contributed by atoms with van der Waals surface area (Å²) in [5, 5.41) is 3.78. The molecule has 3 N–H and O–H groups in total. The minimum absolute atomic E-state index is 0.0772. The molecule has 0 fully saturated rings. The van der Waals surface area contributed by atoms with E-state index in [9.17, 15) is 21.6 Å². The van der Waals surface area contributed by atoms with Crippen LogP contribution in [0.15, 0.2) is 4.90 Å². The van der Waals surface area contributed by atoms with E-state index in [2.05, 4.69) is 9.82 Å². The molecule has 0 aromatic carbocycles. The zero-order chi connectivity index (χ0) is 15.6. The highest BCUT2D eigenvalue weighted by atomic mass is 32.2. The van der Waals surface area contributed by atoms with Crippen molar-refractivity contribution in [1.82, 2.24) is 14.5 Å².